The van der Waals surface area contributed by atoms with Crippen LogP contribution in [0.25, 0.3) is 0 Å². The van der Waals surface area contributed by atoms with Gasteiger partial charge in [-0.3, -0.25) is 4.79 Å². The van der Waals surface area contributed by atoms with Crippen LogP contribution >= 0.6 is 0 Å². The van der Waals surface area contributed by atoms with Gasteiger partial charge in [-0.1, -0.05) is 39.0 Å². The van der Waals surface area contributed by atoms with Crippen LogP contribution in [0.2, 0.25) is 0 Å². The van der Waals surface area contributed by atoms with Gasteiger partial charge in [-0.15, -0.1) is 0 Å². The largest absolute Gasteiger partial charge is 0.398 e. The average molecular weight is 248 g/mol. The lowest BCUT2D eigenvalue weighted by molar-refractivity contribution is -0.122. The van der Waals surface area contributed by atoms with E-state index in [4.69, 9.17) is 5.73 Å². The molecule has 0 saturated carbocycles. The molecule has 100 valence electrons. The number of amides is 1. The van der Waals surface area contributed by atoms with E-state index >= 15 is 0 Å². The van der Waals surface area contributed by atoms with Gasteiger partial charge in [-0.2, -0.15) is 0 Å². The van der Waals surface area contributed by atoms with Gasteiger partial charge in [-0.05, 0) is 30.9 Å². The zero-order valence-electron chi connectivity index (χ0n) is 11.6. The summed E-state index contributed by atoms with van der Waals surface area (Å²) in [5.41, 5.74) is 7.36. The monoisotopic (exact) mass is 248 g/mol. The van der Waals surface area contributed by atoms with Crippen molar-refractivity contribution >= 4 is 11.6 Å². The smallest absolute Gasteiger partial charge is 0.224 e. The van der Waals surface area contributed by atoms with Gasteiger partial charge in [0.05, 0.1) is 6.42 Å². The quantitative estimate of drug-likeness (QED) is 0.761. The summed E-state index contributed by atoms with van der Waals surface area (Å²) in [6, 6.07) is 7.52. The molecule has 0 spiro atoms. The van der Waals surface area contributed by atoms with Crippen LogP contribution in [0.4, 0.5) is 5.69 Å². The van der Waals surface area contributed by atoms with Crippen LogP contribution in [-0.4, -0.2) is 11.4 Å². The van der Waals surface area contributed by atoms with Crippen molar-refractivity contribution in [3.8, 4) is 0 Å². The Hall–Kier alpha value is -1.51. The van der Waals surface area contributed by atoms with Crippen molar-refractivity contribution in [2.24, 2.45) is 0 Å². The third-order valence-electron chi connectivity index (χ3n) is 3.84. The second-order valence-electron chi connectivity index (χ2n) is 4.76. The van der Waals surface area contributed by atoms with Crippen LogP contribution in [0.5, 0.6) is 0 Å². The van der Waals surface area contributed by atoms with Gasteiger partial charge >= 0.3 is 0 Å². The third-order valence-corrected chi connectivity index (χ3v) is 3.84. The van der Waals surface area contributed by atoms with Crippen LogP contribution in [0, 0.1) is 0 Å². The standard InChI is InChI=1S/C15H24N2O/c1-4-15(5-2,6-3)17-14(18)11-12-9-7-8-10-13(12)16/h7-10H,4-6,11,16H2,1-3H3,(H,17,18). The molecule has 3 nitrogen and oxygen atoms in total. The van der Waals surface area contributed by atoms with Crippen LogP contribution in [0.1, 0.15) is 45.6 Å². The van der Waals surface area contributed by atoms with Crippen molar-refractivity contribution in [2.45, 2.75) is 52.0 Å². The fourth-order valence-corrected chi connectivity index (χ4v) is 2.22. The first-order chi connectivity index (χ1) is 8.56. The van der Waals surface area contributed by atoms with Gasteiger partial charge < -0.3 is 11.1 Å². The molecule has 0 radical (unpaired) electrons. The molecule has 0 aromatic heterocycles. The molecule has 0 aliphatic carbocycles. The Labute approximate surface area is 110 Å². The highest BCUT2D eigenvalue weighted by Gasteiger charge is 2.25. The first-order valence-electron chi connectivity index (χ1n) is 6.71. The lowest BCUT2D eigenvalue weighted by Gasteiger charge is -2.31. The van der Waals surface area contributed by atoms with E-state index in [-0.39, 0.29) is 11.4 Å². The Morgan fingerprint density at radius 2 is 1.72 bits per heavy atom. The molecule has 0 aliphatic rings. The minimum absolute atomic E-state index is 0.0541. The van der Waals surface area contributed by atoms with E-state index < -0.39 is 0 Å². The molecule has 1 amide bonds. The number of hydrogen-bond donors (Lipinski definition) is 2. The molecule has 1 rings (SSSR count). The van der Waals surface area contributed by atoms with Crippen LogP contribution < -0.4 is 11.1 Å². The zero-order chi connectivity index (χ0) is 13.6. The summed E-state index contributed by atoms with van der Waals surface area (Å²) in [4.78, 5) is 12.1. The Bertz CT molecular complexity index is 389. The molecule has 0 unspecified atom stereocenters. The van der Waals surface area contributed by atoms with E-state index in [0.717, 1.165) is 24.8 Å². The summed E-state index contributed by atoms with van der Waals surface area (Å²) in [5, 5.41) is 3.16. The maximum Gasteiger partial charge on any atom is 0.224 e. The Kier molecular flexibility index (Phi) is 5.20. The molecule has 1 aromatic carbocycles. The Morgan fingerprint density at radius 3 is 2.22 bits per heavy atom. The van der Waals surface area contributed by atoms with Crippen LogP contribution in [0.15, 0.2) is 24.3 Å². The van der Waals surface area contributed by atoms with Gasteiger partial charge in [0.25, 0.3) is 0 Å². The fourth-order valence-electron chi connectivity index (χ4n) is 2.22. The highest BCUT2D eigenvalue weighted by Crippen LogP contribution is 2.20. The number of carbonyl (C=O) groups excluding carboxylic acids is 1. The van der Waals surface area contributed by atoms with Crippen molar-refractivity contribution in [3.63, 3.8) is 0 Å². The SMILES string of the molecule is CCC(CC)(CC)NC(=O)Cc1ccccc1N. The number of rotatable bonds is 6. The van der Waals surface area contributed by atoms with E-state index in [1.807, 2.05) is 24.3 Å². The van der Waals surface area contributed by atoms with Crippen molar-refractivity contribution in [1.82, 2.24) is 5.32 Å². The second-order valence-corrected chi connectivity index (χ2v) is 4.76. The molecular formula is C15H24N2O. The summed E-state index contributed by atoms with van der Waals surface area (Å²) in [6.45, 7) is 6.35. The molecule has 0 atom stereocenters. The van der Waals surface area contributed by atoms with Gasteiger partial charge in [0.15, 0.2) is 0 Å². The van der Waals surface area contributed by atoms with Gasteiger partial charge in [-0.25, -0.2) is 0 Å². The predicted molar refractivity (Wildman–Crippen MR) is 76.3 cm³/mol. The molecule has 3 N–H and O–H groups in total. The number of carbonyl (C=O) groups is 1. The third kappa shape index (κ3) is 3.49. The number of benzene rings is 1. The van der Waals surface area contributed by atoms with Crippen molar-refractivity contribution in [3.05, 3.63) is 29.8 Å². The molecule has 3 heteroatoms. The molecule has 0 saturated heterocycles. The van der Waals surface area contributed by atoms with Crippen molar-refractivity contribution in [2.75, 3.05) is 5.73 Å². The van der Waals surface area contributed by atoms with Crippen molar-refractivity contribution in [1.29, 1.82) is 0 Å². The molecule has 0 heterocycles. The fraction of sp³-hybridized carbons (Fsp3) is 0.533. The lowest BCUT2D eigenvalue weighted by Crippen LogP contribution is -2.47. The van der Waals surface area contributed by atoms with E-state index in [2.05, 4.69) is 26.1 Å². The highest BCUT2D eigenvalue weighted by molar-refractivity contribution is 5.80. The zero-order valence-corrected chi connectivity index (χ0v) is 11.6. The Morgan fingerprint density at radius 1 is 1.17 bits per heavy atom. The van der Waals surface area contributed by atoms with Crippen LogP contribution in [-0.2, 0) is 11.2 Å². The molecule has 1 aromatic rings. The minimum Gasteiger partial charge on any atom is -0.398 e. The van der Waals surface area contributed by atoms with Gasteiger partial charge in [0.2, 0.25) is 5.91 Å². The topological polar surface area (TPSA) is 55.1 Å². The number of hydrogen-bond acceptors (Lipinski definition) is 2. The van der Waals surface area contributed by atoms with E-state index in [1.165, 1.54) is 0 Å². The summed E-state index contributed by atoms with van der Waals surface area (Å²) < 4.78 is 0. The number of para-hydroxylation sites is 1. The molecule has 18 heavy (non-hydrogen) atoms. The molecular weight excluding hydrogens is 224 g/mol. The van der Waals surface area contributed by atoms with E-state index in [1.54, 1.807) is 0 Å². The summed E-state index contributed by atoms with van der Waals surface area (Å²) in [7, 11) is 0. The van der Waals surface area contributed by atoms with E-state index in [0.29, 0.717) is 12.1 Å². The highest BCUT2D eigenvalue weighted by atomic mass is 16.1. The van der Waals surface area contributed by atoms with Gasteiger partial charge in [0.1, 0.15) is 0 Å². The lowest BCUT2D eigenvalue weighted by atomic mass is 9.89. The summed E-state index contributed by atoms with van der Waals surface area (Å²) in [6.07, 6.45) is 3.22. The number of nitrogens with one attached hydrogen (secondary N) is 1. The minimum atomic E-state index is -0.0688. The Balaban J connectivity index is 2.70. The maximum atomic E-state index is 12.1. The molecule has 0 bridgehead atoms. The first kappa shape index (κ1) is 14.6. The van der Waals surface area contributed by atoms with Gasteiger partial charge in [0, 0.05) is 11.2 Å². The molecule has 0 aliphatic heterocycles. The van der Waals surface area contributed by atoms with Crippen molar-refractivity contribution < 1.29 is 4.79 Å². The van der Waals surface area contributed by atoms with E-state index in [9.17, 15) is 4.79 Å². The maximum absolute atomic E-state index is 12.1. The normalized spacial score (nSPS) is 11.3. The summed E-state index contributed by atoms with van der Waals surface area (Å²) >= 11 is 0. The molecule has 0 fully saturated rings. The first-order valence-corrected chi connectivity index (χ1v) is 6.71. The average Bonchev–Trinajstić information content (AvgIpc) is 2.39. The number of nitrogens with two attached hydrogens (primary N) is 1. The number of nitrogen functional groups attached to an aromatic ring is 1. The predicted octanol–water partition coefficient (Wildman–Crippen LogP) is 2.90. The van der Waals surface area contributed by atoms with Crippen LogP contribution in [0.3, 0.4) is 0 Å². The summed E-state index contributed by atoms with van der Waals surface area (Å²) in [5.74, 6) is 0.0541. The second kappa shape index (κ2) is 6.43. The number of anilines is 1.